The quantitative estimate of drug-likeness (QED) is 0.769. The molecule has 0 unspecified atom stereocenters. The molecule has 0 aromatic heterocycles. The number of phenolic OH excluding ortho intramolecular Hbond substituents is 1. The molecular formula is C14H23BO4. The maximum absolute atomic E-state index is 9.83. The van der Waals surface area contributed by atoms with Crippen LogP contribution in [0.2, 0.25) is 0 Å². The number of rotatable bonds is 7. The molecule has 0 aliphatic carbocycles. The molecule has 0 aliphatic rings. The van der Waals surface area contributed by atoms with Gasteiger partial charge in [-0.05, 0) is 44.8 Å². The summed E-state index contributed by atoms with van der Waals surface area (Å²) in [4.78, 5) is 0. The molecule has 0 aliphatic heterocycles. The molecule has 0 fully saturated rings. The zero-order valence-corrected chi connectivity index (χ0v) is 12.4. The molecule has 19 heavy (non-hydrogen) atoms. The average Bonchev–Trinajstić information content (AvgIpc) is 2.38. The number of hydrogen-bond acceptors (Lipinski definition) is 4. The van der Waals surface area contributed by atoms with Gasteiger partial charge in [-0.3, -0.25) is 0 Å². The summed E-state index contributed by atoms with van der Waals surface area (Å²) in [6, 6.07) is 5.16. The van der Waals surface area contributed by atoms with Crippen LogP contribution in [0.15, 0.2) is 18.2 Å². The summed E-state index contributed by atoms with van der Waals surface area (Å²) in [5.74, 6) is 0.524. The molecule has 5 heteroatoms. The maximum atomic E-state index is 9.83. The lowest BCUT2D eigenvalue weighted by Crippen LogP contribution is -2.43. The Morgan fingerprint density at radius 1 is 1.26 bits per heavy atom. The Kier molecular flexibility index (Phi) is 5.70. The van der Waals surface area contributed by atoms with E-state index in [-0.39, 0.29) is 11.4 Å². The van der Waals surface area contributed by atoms with Crippen LogP contribution in [0.5, 0.6) is 11.5 Å². The highest BCUT2D eigenvalue weighted by Gasteiger charge is 2.29. The number of methoxy groups -OCH3 is 1. The first-order valence-electron chi connectivity index (χ1n) is 6.59. The van der Waals surface area contributed by atoms with E-state index in [1.165, 1.54) is 7.11 Å². The molecule has 4 nitrogen and oxygen atoms in total. The van der Waals surface area contributed by atoms with Crippen molar-refractivity contribution in [1.82, 2.24) is 0 Å². The van der Waals surface area contributed by atoms with Crippen molar-refractivity contribution >= 4 is 12.6 Å². The lowest BCUT2D eigenvalue weighted by molar-refractivity contribution is 0.0706. The van der Waals surface area contributed by atoms with Crippen LogP contribution < -0.4 is 10.2 Å². The van der Waals surface area contributed by atoms with Gasteiger partial charge in [0.1, 0.15) is 0 Å². The van der Waals surface area contributed by atoms with Crippen molar-refractivity contribution in [3.05, 3.63) is 18.2 Å². The normalized spacial score (nSPS) is 11.4. The van der Waals surface area contributed by atoms with Crippen LogP contribution in [0, 0.1) is 0 Å². The van der Waals surface area contributed by atoms with E-state index in [0.29, 0.717) is 12.4 Å². The monoisotopic (exact) mass is 266 g/mol. The molecule has 0 atom stereocenters. The molecule has 0 heterocycles. The molecule has 1 rings (SSSR count). The van der Waals surface area contributed by atoms with Crippen molar-refractivity contribution < 1.29 is 19.2 Å². The summed E-state index contributed by atoms with van der Waals surface area (Å²) in [5, 5.41) is 9.83. The van der Waals surface area contributed by atoms with E-state index in [9.17, 15) is 5.11 Å². The van der Waals surface area contributed by atoms with Crippen LogP contribution >= 0.6 is 0 Å². The van der Waals surface area contributed by atoms with Gasteiger partial charge in [-0.2, -0.15) is 0 Å². The fourth-order valence-corrected chi connectivity index (χ4v) is 1.58. The van der Waals surface area contributed by atoms with Crippen LogP contribution in [0.4, 0.5) is 0 Å². The topological polar surface area (TPSA) is 47.9 Å². The second kappa shape index (κ2) is 6.82. The Bertz CT molecular complexity index is 406. The van der Waals surface area contributed by atoms with Gasteiger partial charge in [0, 0.05) is 12.2 Å². The summed E-state index contributed by atoms with van der Waals surface area (Å²) in [5.41, 5.74) is 0.497. The molecule has 0 spiro atoms. The van der Waals surface area contributed by atoms with Crippen molar-refractivity contribution in [2.45, 2.75) is 39.7 Å². The Morgan fingerprint density at radius 3 is 2.42 bits per heavy atom. The van der Waals surface area contributed by atoms with Gasteiger partial charge in [0.25, 0.3) is 0 Å². The highest BCUT2D eigenvalue weighted by atomic mass is 16.6. The van der Waals surface area contributed by atoms with Crippen LogP contribution in [0.1, 0.15) is 34.1 Å². The van der Waals surface area contributed by atoms with Crippen LogP contribution in [-0.4, -0.2) is 31.5 Å². The molecule has 1 aromatic carbocycles. The first-order chi connectivity index (χ1) is 8.93. The zero-order valence-electron chi connectivity index (χ0n) is 12.4. The SMILES string of the molecule is CCOB(OC(C)(C)CC)c1ccc(OC)c(O)c1. The fraction of sp³-hybridized carbons (Fsp3) is 0.571. The Hall–Kier alpha value is -1.20. The second-order valence-corrected chi connectivity index (χ2v) is 4.95. The summed E-state index contributed by atoms with van der Waals surface area (Å²) < 4.78 is 16.6. The molecule has 106 valence electrons. The minimum Gasteiger partial charge on any atom is -0.504 e. The fourth-order valence-electron chi connectivity index (χ4n) is 1.58. The van der Waals surface area contributed by atoms with E-state index in [4.69, 9.17) is 14.0 Å². The van der Waals surface area contributed by atoms with E-state index in [1.807, 2.05) is 26.8 Å². The molecular weight excluding hydrogens is 243 g/mol. The van der Waals surface area contributed by atoms with E-state index >= 15 is 0 Å². The van der Waals surface area contributed by atoms with Gasteiger partial charge in [-0.1, -0.05) is 13.0 Å². The van der Waals surface area contributed by atoms with Crippen LogP contribution in [-0.2, 0) is 9.31 Å². The van der Waals surface area contributed by atoms with Gasteiger partial charge in [-0.25, -0.2) is 0 Å². The molecule has 0 amide bonds. The van der Waals surface area contributed by atoms with Crippen molar-refractivity contribution in [3.63, 3.8) is 0 Å². The van der Waals surface area contributed by atoms with E-state index in [2.05, 4.69) is 6.92 Å². The van der Waals surface area contributed by atoms with Crippen molar-refractivity contribution in [1.29, 1.82) is 0 Å². The van der Waals surface area contributed by atoms with Crippen LogP contribution in [0.25, 0.3) is 0 Å². The minimum atomic E-state index is -0.489. The predicted molar refractivity (Wildman–Crippen MR) is 77.1 cm³/mol. The summed E-state index contributed by atoms with van der Waals surface area (Å²) in [6.07, 6.45) is 0.874. The Morgan fingerprint density at radius 2 is 1.95 bits per heavy atom. The number of aromatic hydroxyl groups is 1. The van der Waals surface area contributed by atoms with E-state index < -0.39 is 7.12 Å². The molecule has 1 aromatic rings. The zero-order chi connectivity index (χ0) is 14.5. The van der Waals surface area contributed by atoms with Crippen molar-refractivity contribution in [2.75, 3.05) is 13.7 Å². The predicted octanol–water partition coefficient (Wildman–Crippen LogP) is 2.34. The van der Waals surface area contributed by atoms with Gasteiger partial charge in [-0.15, -0.1) is 0 Å². The van der Waals surface area contributed by atoms with Gasteiger partial charge in [0.15, 0.2) is 11.5 Å². The van der Waals surface area contributed by atoms with Crippen LogP contribution in [0.3, 0.4) is 0 Å². The Balaban J connectivity index is 2.95. The molecule has 0 saturated heterocycles. The molecule has 0 bridgehead atoms. The standard InChI is InChI=1S/C14H23BO4/c1-6-14(3,4)19-15(18-7-2)11-8-9-13(17-5)12(16)10-11/h8-10,16H,6-7H2,1-5H3. The first kappa shape index (κ1) is 15.9. The highest BCUT2D eigenvalue weighted by molar-refractivity contribution is 6.61. The third-order valence-electron chi connectivity index (χ3n) is 3.07. The number of ether oxygens (including phenoxy) is 1. The Labute approximate surface area is 115 Å². The highest BCUT2D eigenvalue weighted by Crippen LogP contribution is 2.24. The summed E-state index contributed by atoms with van der Waals surface area (Å²) in [6.45, 7) is 8.55. The number of hydrogen-bond donors (Lipinski definition) is 1. The smallest absolute Gasteiger partial charge is 0.494 e. The third-order valence-corrected chi connectivity index (χ3v) is 3.07. The van der Waals surface area contributed by atoms with Gasteiger partial charge >= 0.3 is 7.12 Å². The summed E-state index contributed by atoms with van der Waals surface area (Å²) in [7, 11) is 1.03. The van der Waals surface area contributed by atoms with Crippen molar-refractivity contribution in [2.24, 2.45) is 0 Å². The van der Waals surface area contributed by atoms with Crippen molar-refractivity contribution in [3.8, 4) is 11.5 Å². The third kappa shape index (κ3) is 4.44. The first-order valence-corrected chi connectivity index (χ1v) is 6.59. The van der Waals surface area contributed by atoms with Gasteiger partial charge in [0.05, 0.1) is 7.11 Å². The number of benzene rings is 1. The van der Waals surface area contributed by atoms with Gasteiger partial charge in [0.2, 0.25) is 0 Å². The lowest BCUT2D eigenvalue weighted by Gasteiger charge is -2.28. The lowest BCUT2D eigenvalue weighted by atomic mass is 9.77. The molecule has 0 radical (unpaired) electrons. The minimum absolute atomic E-state index is 0.0857. The van der Waals surface area contributed by atoms with E-state index in [1.54, 1.807) is 12.1 Å². The van der Waals surface area contributed by atoms with E-state index in [0.717, 1.165) is 11.9 Å². The average molecular weight is 266 g/mol. The maximum Gasteiger partial charge on any atom is 0.494 e. The second-order valence-electron chi connectivity index (χ2n) is 4.95. The molecule has 0 saturated carbocycles. The largest absolute Gasteiger partial charge is 0.504 e. The number of phenols is 1. The van der Waals surface area contributed by atoms with Gasteiger partial charge < -0.3 is 19.2 Å². The molecule has 1 N–H and O–H groups in total. The summed E-state index contributed by atoms with van der Waals surface area (Å²) >= 11 is 0.